The average molecular weight is 154 g/mol. The summed E-state index contributed by atoms with van der Waals surface area (Å²) in [6, 6.07) is 0. The summed E-state index contributed by atoms with van der Waals surface area (Å²) in [5.74, 6) is 2.26. The first-order chi connectivity index (χ1) is 5.27. The second-order valence-corrected chi connectivity index (χ2v) is 2.72. The molecule has 11 heavy (non-hydrogen) atoms. The number of rotatable bonds is 2. The molecule has 0 amide bonds. The Morgan fingerprint density at radius 2 is 1.91 bits per heavy atom. The molecule has 1 aliphatic rings. The zero-order valence-electron chi connectivity index (χ0n) is 7.26. The van der Waals surface area contributed by atoms with Gasteiger partial charge < -0.3 is 9.47 Å². The van der Waals surface area contributed by atoms with Crippen molar-refractivity contribution in [2.45, 2.75) is 13.3 Å². The van der Waals surface area contributed by atoms with E-state index in [-0.39, 0.29) is 0 Å². The first-order valence-electron chi connectivity index (χ1n) is 3.78. The van der Waals surface area contributed by atoms with Crippen molar-refractivity contribution in [1.82, 2.24) is 0 Å². The molecule has 1 rings (SSSR count). The van der Waals surface area contributed by atoms with Crippen LogP contribution in [-0.2, 0) is 9.47 Å². The molecule has 2 heteroatoms. The van der Waals surface area contributed by atoms with Crippen LogP contribution in [-0.4, -0.2) is 14.2 Å². The molecular weight excluding hydrogens is 140 g/mol. The smallest absolute Gasteiger partial charge is 0.156 e. The topological polar surface area (TPSA) is 18.5 Å². The summed E-state index contributed by atoms with van der Waals surface area (Å²) in [5, 5.41) is 0. The molecule has 2 nitrogen and oxygen atoms in total. The molecule has 0 aliphatic heterocycles. The Bertz CT molecular complexity index is 192. The lowest BCUT2D eigenvalue weighted by atomic mass is 10.0. The van der Waals surface area contributed by atoms with Crippen LogP contribution in [0.3, 0.4) is 0 Å². The highest BCUT2D eigenvalue weighted by Gasteiger charge is 2.12. The van der Waals surface area contributed by atoms with Gasteiger partial charge >= 0.3 is 0 Å². The van der Waals surface area contributed by atoms with Crippen molar-refractivity contribution in [3.63, 3.8) is 0 Å². The van der Waals surface area contributed by atoms with Crippen LogP contribution in [0.15, 0.2) is 23.7 Å². The van der Waals surface area contributed by atoms with Gasteiger partial charge in [0.05, 0.1) is 14.2 Å². The Kier molecular flexibility index (Phi) is 2.58. The van der Waals surface area contributed by atoms with E-state index < -0.39 is 0 Å². The van der Waals surface area contributed by atoms with Crippen molar-refractivity contribution in [2.24, 2.45) is 5.92 Å². The first-order valence-corrected chi connectivity index (χ1v) is 3.78. The molecule has 0 heterocycles. The molecule has 0 saturated carbocycles. The monoisotopic (exact) mass is 154 g/mol. The molecule has 0 spiro atoms. The third-order valence-corrected chi connectivity index (χ3v) is 1.79. The third-order valence-electron chi connectivity index (χ3n) is 1.79. The quantitative estimate of drug-likeness (QED) is 0.606. The van der Waals surface area contributed by atoms with Crippen LogP contribution in [0.2, 0.25) is 0 Å². The molecule has 0 unspecified atom stereocenters. The maximum Gasteiger partial charge on any atom is 0.156 e. The molecule has 0 aromatic rings. The lowest BCUT2D eigenvalue weighted by molar-refractivity contribution is 0.212. The van der Waals surface area contributed by atoms with Gasteiger partial charge in [0.1, 0.15) is 0 Å². The fourth-order valence-corrected chi connectivity index (χ4v) is 1.15. The number of hydrogen-bond acceptors (Lipinski definition) is 2. The molecule has 0 bridgehead atoms. The molecule has 0 N–H and O–H groups in total. The van der Waals surface area contributed by atoms with Crippen LogP contribution in [0.25, 0.3) is 0 Å². The van der Waals surface area contributed by atoms with E-state index in [1.165, 1.54) is 0 Å². The zero-order chi connectivity index (χ0) is 8.27. The summed E-state index contributed by atoms with van der Waals surface area (Å²) in [7, 11) is 3.32. The number of allylic oxidation sites excluding steroid dienone is 2. The molecular formula is C9H14O2. The molecule has 1 atom stereocenters. The normalized spacial score (nSPS) is 23.7. The Labute approximate surface area is 67.5 Å². The number of ether oxygens (including phenoxy) is 2. The molecule has 0 radical (unpaired) electrons. The van der Waals surface area contributed by atoms with Crippen molar-refractivity contribution in [2.75, 3.05) is 14.2 Å². The Morgan fingerprint density at radius 1 is 1.27 bits per heavy atom. The second-order valence-electron chi connectivity index (χ2n) is 2.72. The highest BCUT2D eigenvalue weighted by atomic mass is 16.5. The highest BCUT2D eigenvalue weighted by Crippen LogP contribution is 2.22. The van der Waals surface area contributed by atoms with Gasteiger partial charge in [-0.2, -0.15) is 0 Å². The largest absolute Gasteiger partial charge is 0.493 e. The summed E-state index contributed by atoms with van der Waals surface area (Å²) < 4.78 is 10.2. The zero-order valence-corrected chi connectivity index (χ0v) is 7.26. The molecule has 0 saturated heterocycles. The number of hydrogen-bond donors (Lipinski definition) is 0. The predicted octanol–water partition coefficient (Wildman–Crippen LogP) is 2.09. The fourth-order valence-electron chi connectivity index (χ4n) is 1.15. The Balaban J connectivity index is 2.74. The van der Waals surface area contributed by atoms with E-state index in [1.807, 2.05) is 0 Å². The number of methoxy groups -OCH3 is 2. The van der Waals surface area contributed by atoms with Gasteiger partial charge in [0.15, 0.2) is 11.5 Å². The second kappa shape index (κ2) is 3.46. The molecule has 62 valence electrons. The lowest BCUT2D eigenvalue weighted by Crippen LogP contribution is -2.04. The van der Waals surface area contributed by atoms with Gasteiger partial charge in [-0.1, -0.05) is 6.92 Å². The summed E-state index contributed by atoms with van der Waals surface area (Å²) in [4.78, 5) is 0. The van der Waals surface area contributed by atoms with Crippen molar-refractivity contribution in [3.05, 3.63) is 23.7 Å². The van der Waals surface area contributed by atoms with Crippen molar-refractivity contribution in [3.8, 4) is 0 Å². The lowest BCUT2D eigenvalue weighted by Gasteiger charge is -2.16. The minimum absolute atomic E-state index is 0.559. The van der Waals surface area contributed by atoms with E-state index >= 15 is 0 Å². The minimum Gasteiger partial charge on any atom is -0.493 e. The minimum atomic E-state index is 0.559. The van der Waals surface area contributed by atoms with Crippen LogP contribution in [0, 0.1) is 5.92 Å². The van der Waals surface area contributed by atoms with Crippen molar-refractivity contribution in [1.29, 1.82) is 0 Å². The third kappa shape index (κ3) is 1.76. The van der Waals surface area contributed by atoms with Gasteiger partial charge in [-0.25, -0.2) is 0 Å². The van der Waals surface area contributed by atoms with Gasteiger partial charge in [0.25, 0.3) is 0 Å². The molecule has 0 aromatic carbocycles. The highest BCUT2D eigenvalue weighted by molar-refractivity contribution is 5.24. The van der Waals surface area contributed by atoms with Gasteiger partial charge in [0, 0.05) is 0 Å². The predicted molar refractivity (Wildman–Crippen MR) is 44.0 cm³/mol. The van der Waals surface area contributed by atoms with Crippen LogP contribution in [0.4, 0.5) is 0 Å². The fraction of sp³-hybridized carbons (Fsp3) is 0.556. The van der Waals surface area contributed by atoms with Crippen molar-refractivity contribution >= 4 is 0 Å². The maximum absolute atomic E-state index is 5.13. The van der Waals surface area contributed by atoms with Crippen LogP contribution >= 0.6 is 0 Å². The summed E-state index contributed by atoms with van der Waals surface area (Å²) >= 11 is 0. The van der Waals surface area contributed by atoms with Crippen LogP contribution < -0.4 is 0 Å². The van der Waals surface area contributed by atoms with E-state index in [9.17, 15) is 0 Å². The maximum atomic E-state index is 5.13. The van der Waals surface area contributed by atoms with Gasteiger partial charge in [-0.05, 0) is 24.5 Å². The SMILES string of the molecule is COC1=CC[C@@H](C)C=C1OC. The van der Waals surface area contributed by atoms with Crippen LogP contribution in [0.5, 0.6) is 0 Å². The first kappa shape index (κ1) is 8.18. The van der Waals surface area contributed by atoms with E-state index in [4.69, 9.17) is 9.47 Å². The Morgan fingerprint density at radius 3 is 2.45 bits per heavy atom. The average Bonchev–Trinajstić information content (AvgIpc) is 2.04. The molecule has 0 aromatic heterocycles. The Hall–Kier alpha value is -0.920. The van der Waals surface area contributed by atoms with Gasteiger partial charge in [-0.15, -0.1) is 0 Å². The van der Waals surface area contributed by atoms with Crippen molar-refractivity contribution < 1.29 is 9.47 Å². The van der Waals surface area contributed by atoms with E-state index in [0.29, 0.717) is 5.92 Å². The van der Waals surface area contributed by atoms with Crippen LogP contribution in [0.1, 0.15) is 13.3 Å². The van der Waals surface area contributed by atoms with Gasteiger partial charge in [-0.3, -0.25) is 0 Å². The summed E-state index contributed by atoms with van der Waals surface area (Å²) in [5.41, 5.74) is 0. The summed E-state index contributed by atoms with van der Waals surface area (Å²) in [6.45, 7) is 2.15. The van der Waals surface area contributed by atoms with E-state index in [0.717, 1.165) is 17.9 Å². The summed E-state index contributed by atoms with van der Waals surface area (Å²) in [6.07, 6.45) is 5.18. The van der Waals surface area contributed by atoms with E-state index in [1.54, 1.807) is 14.2 Å². The van der Waals surface area contributed by atoms with Gasteiger partial charge in [0.2, 0.25) is 0 Å². The standard InChI is InChI=1S/C9H14O2/c1-7-4-5-8(10-2)9(6-7)11-3/h5-7H,4H2,1-3H3/t7-/m1/s1. The molecule has 0 fully saturated rings. The molecule has 1 aliphatic carbocycles. The van der Waals surface area contributed by atoms with E-state index in [2.05, 4.69) is 19.1 Å².